The van der Waals surface area contributed by atoms with Gasteiger partial charge in [0.1, 0.15) is 0 Å². The minimum Gasteiger partial charge on any atom is -0.481 e. The van der Waals surface area contributed by atoms with Crippen molar-refractivity contribution < 1.29 is 19.5 Å². The molecule has 6 heteroatoms. The summed E-state index contributed by atoms with van der Waals surface area (Å²) in [4.78, 5) is 38.5. The van der Waals surface area contributed by atoms with Crippen molar-refractivity contribution in [3.63, 3.8) is 0 Å². The Hall–Kier alpha value is -1.59. The molecule has 0 spiro atoms. The Labute approximate surface area is 127 Å². The first-order valence-corrected chi connectivity index (χ1v) is 7.35. The van der Waals surface area contributed by atoms with E-state index in [2.05, 4.69) is 0 Å². The third-order valence-corrected chi connectivity index (χ3v) is 4.20. The zero-order valence-electron chi connectivity index (χ0n) is 14.0. The molecule has 1 unspecified atom stereocenters. The van der Waals surface area contributed by atoms with Crippen LogP contribution in [0.4, 0.5) is 0 Å². The molecule has 0 rings (SSSR count). The van der Waals surface area contributed by atoms with Gasteiger partial charge in [0.05, 0.1) is 12.0 Å². The largest absolute Gasteiger partial charge is 0.481 e. The highest BCUT2D eigenvalue weighted by atomic mass is 16.4. The van der Waals surface area contributed by atoms with Crippen molar-refractivity contribution in [2.45, 2.75) is 41.0 Å². The maximum absolute atomic E-state index is 12.2. The smallest absolute Gasteiger partial charge is 0.310 e. The molecule has 21 heavy (non-hydrogen) atoms. The lowest BCUT2D eigenvalue weighted by Crippen LogP contribution is -2.44. The Kier molecular flexibility index (Phi) is 7.39. The monoisotopic (exact) mass is 300 g/mol. The molecule has 0 aliphatic carbocycles. The molecule has 0 heterocycles. The van der Waals surface area contributed by atoms with Crippen LogP contribution in [0.5, 0.6) is 0 Å². The fourth-order valence-corrected chi connectivity index (χ4v) is 1.94. The molecule has 0 aromatic heterocycles. The molecular weight excluding hydrogens is 272 g/mol. The van der Waals surface area contributed by atoms with Crippen LogP contribution in [0.1, 0.15) is 41.0 Å². The number of carbonyl (C=O) groups excluding carboxylic acids is 2. The summed E-state index contributed by atoms with van der Waals surface area (Å²) < 4.78 is 0. The molecule has 0 aliphatic heterocycles. The van der Waals surface area contributed by atoms with E-state index in [4.69, 9.17) is 0 Å². The number of amides is 2. The molecule has 1 atom stereocenters. The maximum Gasteiger partial charge on any atom is 0.310 e. The maximum atomic E-state index is 12.2. The van der Waals surface area contributed by atoms with Gasteiger partial charge in [-0.05, 0) is 26.7 Å². The normalized spacial score (nSPS) is 13.7. The summed E-state index contributed by atoms with van der Waals surface area (Å²) in [6, 6.07) is 0. The first-order valence-electron chi connectivity index (χ1n) is 7.35. The van der Waals surface area contributed by atoms with Gasteiger partial charge >= 0.3 is 5.97 Å². The summed E-state index contributed by atoms with van der Waals surface area (Å²) in [5.41, 5.74) is -1.12. The van der Waals surface area contributed by atoms with Crippen molar-refractivity contribution in [2.75, 3.05) is 26.7 Å². The van der Waals surface area contributed by atoms with E-state index in [1.165, 1.54) is 11.9 Å². The van der Waals surface area contributed by atoms with Crippen LogP contribution in [0.2, 0.25) is 0 Å². The molecule has 0 bridgehead atoms. The van der Waals surface area contributed by atoms with E-state index in [1.54, 1.807) is 25.7 Å². The van der Waals surface area contributed by atoms with Crippen LogP contribution in [0.15, 0.2) is 0 Å². The molecule has 0 aliphatic rings. The van der Waals surface area contributed by atoms with E-state index in [9.17, 15) is 19.5 Å². The zero-order chi connectivity index (χ0) is 16.8. The molecular formula is C15H28N2O4. The third kappa shape index (κ3) is 5.02. The molecule has 0 saturated heterocycles. The Balaban J connectivity index is 4.79. The Morgan fingerprint density at radius 3 is 1.90 bits per heavy atom. The van der Waals surface area contributed by atoms with Crippen LogP contribution in [0.3, 0.4) is 0 Å². The third-order valence-electron chi connectivity index (χ3n) is 4.20. The van der Waals surface area contributed by atoms with Crippen molar-refractivity contribution >= 4 is 17.8 Å². The summed E-state index contributed by atoms with van der Waals surface area (Å²) in [7, 11) is 1.53. The number of carbonyl (C=O) groups is 3. The number of hydrogen-bond acceptors (Lipinski definition) is 3. The van der Waals surface area contributed by atoms with Gasteiger partial charge in [-0.25, -0.2) is 0 Å². The first-order chi connectivity index (χ1) is 9.59. The average molecular weight is 300 g/mol. The summed E-state index contributed by atoms with van der Waals surface area (Å²) in [5, 5.41) is 9.33. The minimum absolute atomic E-state index is 0.0195. The number of carboxylic acids is 1. The van der Waals surface area contributed by atoms with Crippen LogP contribution >= 0.6 is 0 Å². The summed E-state index contributed by atoms with van der Waals surface area (Å²) >= 11 is 0. The fraction of sp³-hybridized carbons (Fsp3) is 0.800. The van der Waals surface area contributed by atoms with Crippen LogP contribution < -0.4 is 0 Å². The van der Waals surface area contributed by atoms with Gasteiger partial charge in [0.25, 0.3) is 0 Å². The minimum atomic E-state index is -1.12. The molecule has 0 fully saturated rings. The van der Waals surface area contributed by atoms with Crippen molar-refractivity contribution in [1.29, 1.82) is 0 Å². The SMILES string of the molecule is CCN(CC)C(=O)CN(C)C(=O)CC(C)(C(=O)O)C(C)C. The molecule has 122 valence electrons. The highest BCUT2D eigenvalue weighted by Gasteiger charge is 2.39. The van der Waals surface area contributed by atoms with Crippen molar-refractivity contribution in [1.82, 2.24) is 9.80 Å². The number of aliphatic carboxylic acids is 1. The molecule has 0 radical (unpaired) electrons. The number of carboxylic acid groups (broad SMARTS) is 1. The zero-order valence-corrected chi connectivity index (χ0v) is 14.0. The van der Waals surface area contributed by atoms with Gasteiger partial charge in [-0.3, -0.25) is 14.4 Å². The lowest BCUT2D eigenvalue weighted by molar-refractivity contribution is -0.155. The molecule has 6 nitrogen and oxygen atoms in total. The van der Waals surface area contributed by atoms with E-state index in [-0.39, 0.29) is 30.7 Å². The van der Waals surface area contributed by atoms with E-state index >= 15 is 0 Å². The summed E-state index contributed by atoms with van der Waals surface area (Å²) in [5.74, 6) is -1.62. The van der Waals surface area contributed by atoms with Crippen molar-refractivity contribution in [2.24, 2.45) is 11.3 Å². The van der Waals surface area contributed by atoms with Crippen LogP contribution in [-0.2, 0) is 14.4 Å². The summed E-state index contributed by atoms with van der Waals surface area (Å²) in [6.07, 6.45) is -0.109. The predicted molar refractivity (Wildman–Crippen MR) is 80.8 cm³/mol. The van der Waals surface area contributed by atoms with E-state index in [1.807, 2.05) is 13.8 Å². The quantitative estimate of drug-likeness (QED) is 0.736. The first kappa shape index (κ1) is 19.4. The summed E-state index contributed by atoms with van der Waals surface area (Å²) in [6.45, 7) is 10.1. The topological polar surface area (TPSA) is 77.9 Å². The molecule has 1 N–H and O–H groups in total. The molecule has 0 aromatic rings. The van der Waals surface area contributed by atoms with Gasteiger partial charge in [0.15, 0.2) is 0 Å². The standard InChI is InChI=1S/C15H28N2O4/c1-7-17(8-2)13(19)10-16(6)12(18)9-15(5,11(3)4)14(20)21/h11H,7-10H2,1-6H3,(H,20,21). The lowest BCUT2D eigenvalue weighted by atomic mass is 9.76. The Morgan fingerprint density at radius 2 is 1.57 bits per heavy atom. The van der Waals surface area contributed by atoms with E-state index in [0.29, 0.717) is 13.1 Å². The lowest BCUT2D eigenvalue weighted by Gasteiger charge is -2.30. The highest BCUT2D eigenvalue weighted by molar-refractivity contribution is 5.88. The number of rotatable bonds is 8. The van der Waals surface area contributed by atoms with E-state index in [0.717, 1.165) is 0 Å². The van der Waals surface area contributed by atoms with Crippen LogP contribution in [0, 0.1) is 11.3 Å². The van der Waals surface area contributed by atoms with Gasteiger partial charge in [-0.15, -0.1) is 0 Å². The van der Waals surface area contributed by atoms with E-state index < -0.39 is 11.4 Å². The van der Waals surface area contributed by atoms with Crippen molar-refractivity contribution in [3.05, 3.63) is 0 Å². The number of hydrogen-bond donors (Lipinski definition) is 1. The van der Waals surface area contributed by atoms with Gasteiger partial charge in [-0.1, -0.05) is 13.8 Å². The van der Waals surface area contributed by atoms with Gasteiger partial charge in [0.2, 0.25) is 11.8 Å². The fourth-order valence-electron chi connectivity index (χ4n) is 1.94. The second-order valence-corrected chi connectivity index (χ2v) is 5.87. The average Bonchev–Trinajstić information content (AvgIpc) is 2.39. The Morgan fingerprint density at radius 1 is 1.10 bits per heavy atom. The number of nitrogens with zero attached hydrogens (tertiary/aromatic N) is 2. The highest BCUT2D eigenvalue weighted by Crippen LogP contribution is 2.31. The molecule has 0 aromatic carbocycles. The van der Waals surface area contributed by atoms with Crippen LogP contribution in [-0.4, -0.2) is 59.4 Å². The molecule has 2 amide bonds. The van der Waals surface area contributed by atoms with Crippen molar-refractivity contribution in [3.8, 4) is 0 Å². The van der Waals surface area contributed by atoms with Crippen LogP contribution in [0.25, 0.3) is 0 Å². The molecule has 0 saturated carbocycles. The van der Waals surface area contributed by atoms with Gasteiger partial charge < -0.3 is 14.9 Å². The predicted octanol–water partition coefficient (Wildman–Crippen LogP) is 1.45. The second-order valence-electron chi connectivity index (χ2n) is 5.87. The van der Waals surface area contributed by atoms with Gasteiger partial charge in [0, 0.05) is 26.6 Å². The van der Waals surface area contributed by atoms with Gasteiger partial charge in [-0.2, -0.15) is 0 Å². The number of likely N-dealkylation sites (N-methyl/N-ethyl adjacent to an activating group) is 2. The second kappa shape index (κ2) is 8.00. The Bertz CT molecular complexity index is 391.